The van der Waals surface area contributed by atoms with Crippen LogP contribution in [0.2, 0.25) is 0 Å². The Morgan fingerprint density at radius 2 is 1.71 bits per heavy atom. The zero-order valence-electron chi connectivity index (χ0n) is 9.16. The summed E-state index contributed by atoms with van der Waals surface area (Å²) in [5, 5.41) is 0. The van der Waals surface area contributed by atoms with Crippen molar-refractivity contribution in [1.82, 2.24) is 0 Å². The van der Waals surface area contributed by atoms with Crippen LogP contribution < -0.4 is 11.6 Å². The van der Waals surface area contributed by atoms with E-state index in [2.05, 4.69) is 43.8 Å². The van der Waals surface area contributed by atoms with Crippen molar-refractivity contribution in [2.45, 2.75) is 26.4 Å². The van der Waals surface area contributed by atoms with Gasteiger partial charge in [0.05, 0.1) is 0 Å². The van der Waals surface area contributed by atoms with Crippen LogP contribution in [0, 0.1) is 6.92 Å². The van der Waals surface area contributed by atoms with E-state index in [0.717, 1.165) is 12.0 Å². The van der Waals surface area contributed by atoms with Crippen LogP contribution in [0.4, 0.5) is 0 Å². The lowest BCUT2D eigenvalue weighted by molar-refractivity contribution is 0.0500. The maximum Gasteiger partial charge on any atom is 0.103 e. The number of benzene rings is 1. The molecule has 0 amide bonds. The topological polar surface area (TPSA) is 61.3 Å². The molecule has 0 aliphatic rings. The van der Waals surface area contributed by atoms with Gasteiger partial charge >= 0.3 is 0 Å². The molecule has 0 bridgehead atoms. The molecule has 0 spiro atoms. The fourth-order valence-corrected chi connectivity index (χ4v) is 1.19. The van der Waals surface area contributed by atoms with Crippen molar-refractivity contribution in [2.75, 3.05) is 7.05 Å². The van der Waals surface area contributed by atoms with Gasteiger partial charge in [0.15, 0.2) is 0 Å². The third-order valence-electron chi connectivity index (χ3n) is 1.98. The lowest BCUT2D eigenvalue weighted by Crippen LogP contribution is -2.07. The van der Waals surface area contributed by atoms with Gasteiger partial charge in [0, 0.05) is 0 Å². The van der Waals surface area contributed by atoms with Crippen LogP contribution in [0.5, 0.6) is 0 Å². The first-order valence-electron chi connectivity index (χ1n) is 4.77. The van der Waals surface area contributed by atoms with E-state index in [1.165, 1.54) is 12.6 Å². The van der Waals surface area contributed by atoms with E-state index in [-0.39, 0.29) is 6.10 Å². The van der Waals surface area contributed by atoms with Gasteiger partial charge in [-0.3, -0.25) is 4.84 Å². The van der Waals surface area contributed by atoms with Gasteiger partial charge in [-0.15, -0.1) is 0 Å². The van der Waals surface area contributed by atoms with E-state index < -0.39 is 0 Å². The molecule has 80 valence electrons. The fourth-order valence-electron chi connectivity index (χ4n) is 1.19. The van der Waals surface area contributed by atoms with Crippen molar-refractivity contribution in [3.8, 4) is 0 Å². The zero-order valence-corrected chi connectivity index (χ0v) is 9.16. The normalized spacial score (nSPS) is 11.5. The summed E-state index contributed by atoms with van der Waals surface area (Å²) < 4.78 is 0. The summed E-state index contributed by atoms with van der Waals surface area (Å²) in [6.45, 7) is 4.12. The molecule has 0 saturated carbocycles. The van der Waals surface area contributed by atoms with Crippen LogP contribution in [0.25, 0.3) is 0 Å². The van der Waals surface area contributed by atoms with E-state index in [4.69, 9.17) is 10.7 Å². The third-order valence-corrected chi connectivity index (χ3v) is 1.98. The van der Waals surface area contributed by atoms with E-state index in [1.807, 2.05) is 0 Å². The van der Waals surface area contributed by atoms with Gasteiger partial charge in [-0.25, -0.2) is 5.90 Å². The lowest BCUT2D eigenvalue weighted by Gasteiger charge is -2.11. The smallest absolute Gasteiger partial charge is 0.103 e. The van der Waals surface area contributed by atoms with E-state index >= 15 is 0 Å². The average molecular weight is 196 g/mol. The Balaban J connectivity index is 0.000000791. The molecule has 4 N–H and O–H groups in total. The molecule has 0 heterocycles. The highest BCUT2D eigenvalue weighted by molar-refractivity contribution is 5.23. The Morgan fingerprint density at radius 3 is 2.07 bits per heavy atom. The molecule has 0 aromatic heterocycles. The van der Waals surface area contributed by atoms with Gasteiger partial charge in [0.25, 0.3) is 0 Å². The van der Waals surface area contributed by atoms with Crippen LogP contribution in [-0.4, -0.2) is 7.05 Å². The molecule has 14 heavy (non-hydrogen) atoms. The molecule has 1 rings (SSSR count). The monoisotopic (exact) mass is 196 g/mol. The largest absolute Gasteiger partial charge is 0.333 e. The van der Waals surface area contributed by atoms with Crippen molar-refractivity contribution in [2.24, 2.45) is 11.6 Å². The number of hydrogen-bond acceptors (Lipinski definition) is 3. The minimum absolute atomic E-state index is 0.0330. The van der Waals surface area contributed by atoms with Crippen molar-refractivity contribution in [1.29, 1.82) is 0 Å². The summed E-state index contributed by atoms with van der Waals surface area (Å²) in [5.74, 6) is 5.15. The Hall–Kier alpha value is -0.900. The molecule has 0 radical (unpaired) electrons. The van der Waals surface area contributed by atoms with Gasteiger partial charge in [-0.1, -0.05) is 36.8 Å². The summed E-state index contributed by atoms with van der Waals surface area (Å²) in [6, 6.07) is 8.24. The average Bonchev–Trinajstić information content (AvgIpc) is 2.25. The summed E-state index contributed by atoms with van der Waals surface area (Å²) in [7, 11) is 1.50. The highest BCUT2D eigenvalue weighted by Crippen LogP contribution is 2.18. The number of nitrogens with two attached hydrogens (primary N) is 2. The molecule has 0 saturated heterocycles. The fraction of sp³-hybridized carbons (Fsp3) is 0.455. The van der Waals surface area contributed by atoms with Gasteiger partial charge in [-0.05, 0) is 26.0 Å². The van der Waals surface area contributed by atoms with Crippen LogP contribution in [0.1, 0.15) is 30.6 Å². The molecular formula is C11H20N2O. The number of rotatable bonds is 3. The van der Waals surface area contributed by atoms with Gasteiger partial charge in [0.1, 0.15) is 6.10 Å². The maximum atomic E-state index is 5.15. The first-order chi connectivity index (χ1) is 6.77. The van der Waals surface area contributed by atoms with E-state index in [1.54, 1.807) is 0 Å². The second kappa shape index (κ2) is 7.50. The third kappa shape index (κ3) is 3.87. The molecular weight excluding hydrogens is 176 g/mol. The highest BCUT2D eigenvalue weighted by Gasteiger charge is 2.06. The predicted octanol–water partition coefficient (Wildman–Crippen LogP) is 1.91. The SMILES string of the molecule is CCC(ON)c1ccc(C)cc1.CN. The van der Waals surface area contributed by atoms with Gasteiger partial charge in [-0.2, -0.15) is 0 Å². The second-order valence-corrected chi connectivity index (χ2v) is 2.94. The minimum Gasteiger partial charge on any atom is -0.333 e. The van der Waals surface area contributed by atoms with Gasteiger partial charge < -0.3 is 5.73 Å². The predicted molar refractivity (Wildman–Crippen MR) is 59.6 cm³/mol. The molecule has 0 aliphatic heterocycles. The number of hydrogen-bond donors (Lipinski definition) is 2. The quantitative estimate of drug-likeness (QED) is 0.726. The minimum atomic E-state index is 0.0330. The molecule has 1 aromatic rings. The van der Waals surface area contributed by atoms with Crippen LogP contribution >= 0.6 is 0 Å². The lowest BCUT2D eigenvalue weighted by atomic mass is 10.1. The maximum absolute atomic E-state index is 5.15. The molecule has 0 aliphatic carbocycles. The van der Waals surface area contributed by atoms with Crippen molar-refractivity contribution < 1.29 is 4.84 Å². The molecule has 0 fully saturated rings. The molecule has 3 nitrogen and oxygen atoms in total. The summed E-state index contributed by atoms with van der Waals surface area (Å²) in [5.41, 5.74) is 6.90. The van der Waals surface area contributed by atoms with Crippen molar-refractivity contribution in [3.05, 3.63) is 35.4 Å². The molecule has 1 aromatic carbocycles. The van der Waals surface area contributed by atoms with E-state index in [0.29, 0.717) is 0 Å². The zero-order chi connectivity index (χ0) is 11.0. The highest BCUT2D eigenvalue weighted by atomic mass is 16.6. The van der Waals surface area contributed by atoms with E-state index in [9.17, 15) is 0 Å². The second-order valence-electron chi connectivity index (χ2n) is 2.94. The van der Waals surface area contributed by atoms with Gasteiger partial charge in [0.2, 0.25) is 0 Å². The summed E-state index contributed by atoms with van der Waals surface area (Å²) in [4.78, 5) is 4.83. The molecule has 3 heteroatoms. The Bertz CT molecular complexity index is 230. The standard InChI is InChI=1S/C10H15NO.CH5N/c1-3-10(12-11)9-6-4-8(2)5-7-9;1-2/h4-7,10H,3,11H2,1-2H3;2H2,1H3. The Morgan fingerprint density at radius 1 is 1.21 bits per heavy atom. The van der Waals surface area contributed by atoms with Crippen LogP contribution in [-0.2, 0) is 4.84 Å². The Labute approximate surface area is 86.0 Å². The molecule has 1 atom stereocenters. The summed E-state index contributed by atoms with van der Waals surface area (Å²) in [6.07, 6.45) is 0.935. The first-order valence-corrected chi connectivity index (χ1v) is 4.77. The van der Waals surface area contributed by atoms with Crippen LogP contribution in [0.15, 0.2) is 24.3 Å². The first kappa shape index (κ1) is 13.1. The van der Waals surface area contributed by atoms with Crippen molar-refractivity contribution in [3.63, 3.8) is 0 Å². The van der Waals surface area contributed by atoms with Crippen LogP contribution in [0.3, 0.4) is 0 Å². The summed E-state index contributed by atoms with van der Waals surface area (Å²) >= 11 is 0. The number of aryl methyl sites for hydroxylation is 1. The molecule has 1 unspecified atom stereocenters. The Kier molecular flexibility index (Phi) is 7.02. The van der Waals surface area contributed by atoms with Crippen molar-refractivity contribution >= 4 is 0 Å².